The van der Waals surface area contributed by atoms with Crippen molar-refractivity contribution in [1.82, 2.24) is 26.2 Å². The first-order valence-electron chi connectivity index (χ1n) is 36.3. The van der Waals surface area contributed by atoms with Crippen LogP contribution in [0.3, 0.4) is 0 Å². The lowest BCUT2D eigenvalue weighted by atomic mass is 9.70. The topological polar surface area (TPSA) is 285 Å². The number of hydrogen-bond acceptors (Lipinski definition) is 19. The van der Waals surface area contributed by atoms with Gasteiger partial charge in [-0.25, -0.2) is 14.4 Å². The fraction of sp³-hybridized carbons (Fsp3) is 0.608. The van der Waals surface area contributed by atoms with Gasteiger partial charge in [0.15, 0.2) is 5.78 Å². The first kappa shape index (κ1) is 85.5. The number of carbonyl (C=O) groups is 9. The maximum Gasteiger partial charge on any atom is 0.508 e. The van der Waals surface area contributed by atoms with Gasteiger partial charge in [-0.05, 0) is 160 Å². The summed E-state index contributed by atoms with van der Waals surface area (Å²) < 4.78 is 40.7. The van der Waals surface area contributed by atoms with Gasteiger partial charge in [-0.3, -0.25) is 28.8 Å². The molecule has 0 aromatic heterocycles. The first-order chi connectivity index (χ1) is 49.0. The first-order valence-corrected chi connectivity index (χ1v) is 38.3. The van der Waals surface area contributed by atoms with Crippen LogP contribution in [0.2, 0.25) is 0 Å². The number of methoxy groups -OCH3 is 2. The third kappa shape index (κ3) is 25.1. The largest absolute Gasteiger partial charge is 0.508 e. The van der Waals surface area contributed by atoms with E-state index in [1.807, 2.05) is 85.9 Å². The summed E-state index contributed by atoms with van der Waals surface area (Å²) in [6.45, 7) is 29.0. The highest BCUT2D eigenvalue weighted by atomic mass is 32.2. The maximum absolute atomic E-state index is 14.5. The number of esters is 1. The second-order valence-electron chi connectivity index (χ2n) is 30.2. The third-order valence-corrected chi connectivity index (χ3v) is 22.3. The molecule has 0 radical (unpaired) electrons. The molecule has 3 aliphatic rings. The number of rotatable bonds is 31. The monoisotopic (exact) mass is 1480 g/mol. The predicted octanol–water partition coefficient (Wildman–Crippen LogP) is 11.9. The van der Waals surface area contributed by atoms with Gasteiger partial charge in [0.25, 0.3) is 5.91 Å². The van der Waals surface area contributed by atoms with E-state index in [9.17, 15) is 43.2 Å². The molecule has 0 saturated carbocycles. The van der Waals surface area contributed by atoms with Gasteiger partial charge in [0.2, 0.25) is 23.6 Å². The van der Waals surface area contributed by atoms with E-state index in [4.69, 9.17) is 33.2 Å². The molecule has 574 valence electrons. The maximum atomic E-state index is 14.5. The quantitative estimate of drug-likeness (QED) is 0.0173. The minimum Gasteiger partial charge on any atom is -0.496 e. The van der Waals surface area contributed by atoms with Gasteiger partial charge in [0.1, 0.15) is 54.9 Å². The highest BCUT2D eigenvalue weighted by molar-refractivity contribution is 8.01. The van der Waals surface area contributed by atoms with E-state index >= 15 is 0 Å². The Hall–Kier alpha value is -7.45. The molecule has 3 aromatic rings. The average Bonchev–Trinajstić information content (AvgIpc) is 0.800. The van der Waals surface area contributed by atoms with Crippen molar-refractivity contribution in [2.75, 3.05) is 76.8 Å². The Bertz CT molecular complexity index is 3500. The number of anilines is 2. The number of amides is 6. The van der Waals surface area contributed by atoms with Gasteiger partial charge in [0, 0.05) is 102 Å². The zero-order valence-corrected chi connectivity index (χ0v) is 66.2. The van der Waals surface area contributed by atoms with Crippen LogP contribution in [0.5, 0.6) is 5.75 Å². The van der Waals surface area contributed by atoms with Crippen LogP contribution in [-0.2, 0) is 71.8 Å². The van der Waals surface area contributed by atoms with E-state index in [0.29, 0.717) is 78.5 Å². The number of hydrogen-bond donors (Lipinski definition) is 5. The van der Waals surface area contributed by atoms with Crippen LogP contribution >= 0.6 is 23.5 Å². The summed E-state index contributed by atoms with van der Waals surface area (Å²) in [6, 6.07) is 14.0. The molecule has 0 aliphatic carbocycles. The lowest BCUT2D eigenvalue weighted by molar-refractivity contribution is -0.185. The molecule has 3 heterocycles. The molecule has 0 spiro atoms. The van der Waals surface area contributed by atoms with Crippen molar-refractivity contribution in [3.63, 3.8) is 0 Å². The van der Waals surface area contributed by atoms with Gasteiger partial charge < -0.3 is 69.5 Å². The molecular formula is C79H115N7O16S2. The summed E-state index contributed by atoms with van der Waals surface area (Å²) >= 11 is 3.46. The molecule has 3 aromatic carbocycles. The standard InChI is InChI=1S/C79H115N7O16S2/c1-20-58-59-38-53(39-63(58)97-19)37-48(4)25-24-26-60(96-18)64-40-61(101-76(95)102-64)49(5)67-50(6)62(41-66(88)85(59)16)100-74(93)69(67)86(17)65(87)27-22-21-23-36-81-75(94)98-42-52-28-34-57(35-29-52)83-71(90)51(7)82-73(92)68(47(2)3)84-72(91)55-32-30-54(31-33-55)70(89)56(43-103-78(11,12)45-80-15)44-104-79(13,14)46-99-77(8,9)10/h24-26,28-35,38-39,47,49-51,56,60-62,64,67-69,80H,20-23,27,36-37,40-46H2,1-19H3,(H,81,94)(H,82,92)(H,83,90)(H,84,91)/b26-24+,48-25+/t49?,50?,51-,56?,60?,61?,62?,64?,67?,68?,69-/m0/s1. The second kappa shape index (κ2) is 39.2. The number of unbranched alkanes of at least 4 members (excludes halogenated alkanes) is 2. The highest BCUT2D eigenvalue weighted by Gasteiger charge is 2.53. The SMILES string of the molecule is CCc1c(OC)cc2cc1N(C)C(=O)CC1OC(=O)[C@@H](N(C)C(=O)CCCCCNC(=O)OCc3ccc(NC(=O)[C@H](C)NC(=O)C(NC(=O)c4ccc(C(=O)C(CSC(C)(C)CNC)CSC(C)(C)COC(C)(C)C)cc4)C(C)C)cc3)C(C(C)C3CC(OC(=O)O3)C(OC)/C=C/C=C(\C)C2)C1C. The summed E-state index contributed by atoms with van der Waals surface area (Å²) in [6.07, 6.45) is 3.92. The molecule has 3 aliphatic heterocycles. The molecule has 2 saturated heterocycles. The Morgan fingerprint density at radius 2 is 1.43 bits per heavy atom. The Morgan fingerprint density at radius 1 is 0.788 bits per heavy atom. The lowest BCUT2D eigenvalue weighted by Gasteiger charge is -2.48. The predicted molar refractivity (Wildman–Crippen MR) is 408 cm³/mol. The molecule has 6 amide bonds. The molecule has 23 nitrogen and oxygen atoms in total. The molecule has 104 heavy (non-hydrogen) atoms. The van der Waals surface area contributed by atoms with E-state index in [1.54, 1.807) is 112 Å². The number of nitrogens with one attached hydrogen (secondary N) is 5. The van der Waals surface area contributed by atoms with Crippen LogP contribution in [0.4, 0.5) is 21.0 Å². The van der Waals surface area contributed by atoms with E-state index < -0.39 is 96.2 Å². The zero-order valence-electron chi connectivity index (χ0n) is 64.6. The summed E-state index contributed by atoms with van der Waals surface area (Å²) in [5.41, 5.74) is 5.01. The molecule has 6 rings (SSSR count). The van der Waals surface area contributed by atoms with Gasteiger partial charge in [-0.1, -0.05) is 89.1 Å². The van der Waals surface area contributed by atoms with E-state index in [2.05, 4.69) is 54.3 Å². The number of nitrogens with zero attached hydrogens (tertiary/aromatic N) is 2. The van der Waals surface area contributed by atoms with Gasteiger partial charge in [-0.15, -0.1) is 0 Å². The second-order valence-corrected chi connectivity index (χ2v) is 33.7. The van der Waals surface area contributed by atoms with Crippen LogP contribution in [0, 0.1) is 29.6 Å². The number of thioether (sulfide) groups is 2. The molecule has 25 heteroatoms. The summed E-state index contributed by atoms with van der Waals surface area (Å²) in [7, 11) is 8.32. The van der Waals surface area contributed by atoms with Crippen molar-refractivity contribution >= 4 is 88.4 Å². The van der Waals surface area contributed by atoms with Gasteiger partial charge >= 0.3 is 18.2 Å². The van der Waals surface area contributed by atoms with E-state index in [1.165, 1.54) is 18.9 Å². The van der Waals surface area contributed by atoms with Crippen molar-refractivity contribution in [2.45, 2.75) is 213 Å². The Kier molecular flexibility index (Phi) is 32.2. The van der Waals surface area contributed by atoms with E-state index in [0.717, 1.165) is 23.2 Å². The fourth-order valence-electron chi connectivity index (χ4n) is 13.1. The summed E-state index contributed by atoms with van der Waals surface area (Å²) in [4.78, 5) is 127. The third-order valence-electron chi connectivity index (χ3n) is 19.3. The summed E-state index contributed by atoms with van der Waals surface area (Å²) in [5, 5.41) is 14.3. The smallest absolute Gasteiger partial charge is 0.496 e. The Balaban J connectivity index is 0.969. The number of ether oxygens (including phenoxy) is 7. The van der Waals surface area contributed by atoms with Crippen molar-refractivity contribution in [2.24, 2.45) is 29.6 Å². The van der Waals surface area contributed by atoms with E-state index in [-0.39, 0.29) is 82.5 Å². The zero-order chi connectivity index (χ0) is 77.0. The average molecular weight is 1480 g/mol. The number of ketones is 1. The van der Waals surface area contributed by atoms with Crippen LogP contribution in [0.25, 0.3) is 0 Å². The Labute approximate surface area is 624 Å². The number of likely N-dealkylation sites (N-methyl/N-ethyl adjacent to an activating group) is 1. The molecule has 5 N–H and O–H groups in total. The van der Waals surface area contributed by atoms with Gasteiger partial charge in [-0.2, -0.15) is 23.5 Å². The number of alkyl carbamates (subject to hydrolysis) is 1. The lowest BCUT2D eigenvalue weighted by Crippen LogP contribution is -2.60. The van der Waals surface area contributed by atoms with Crippen molar-refractivity contribution in [1.29, 1.82) is 0 Å². The molecule has 6 bridgehead atoms. The minimum absolute atomic E-state index is 0.0160. The number of benzene rings is 3. The van der Waals surface area contributed by atoms with Crippen molar-refractivity contribution in [3.8, 4) is 5.75 Å². The number of Topliss-reactive ketones (excluding diaryl/α,β-unsaturated/α-hetero) is 1. The molecular weight excluding hydrogens is 1370 g/mol. The highest BCUT2D eigenvalue weighted by Crippen LogP contribution is 2.43. The van der Waals surface area contributed by atoms with Crippen LogP contribution < -0.4 is 36.2 Å². The van der Waals surface area contributed by atoms with Crippen molar-refractivity contribution < 1.29 is 76.3 Å². The summed E-state index contributed by atoms with van der Waals surface area (Å²) in [5.74, 6) is -3.31. The number of allylic oxidation sites excluding steroid dienone is 3. The normalized spacial score (nSPS) is 22.1. The Morgan fingerprint density at radius 3 is 2.06 bits per heavy atom. The number of fused-ring (bicyclic) bond motifs is 6. The van der Waals surface area contributed by atoms with Crippen molar-refractivity contribution in [3.05, 3.63) is 112 Å². The fourth-order valence-corrected chi connectivity index (χ4v) is 15.5. The molecule has 9 unspecified atom stereocenters. The van der Waals surface area contributed by atoms with Gasteiger partial charge in [0.05, 0.1) is 31.4 Å². The van der Waals surface area contributed by atoms with Crippen LogP contribution in [0.1, 0.15) is 173 Å². The van der Waals surface area contributed by atoms with Crippen LogP contribution in [0.15, 0.2) is 84.5 Å². The molecule has 11 atom stereocenters. The molecule has 2 fully saturated rings. The van der Waals surface area contributed by atoms with Crippen LogP contribution in [-0.4, -0.2) is 183 Å². The number of carbonyl (C=O) groups excluding carboxylic acids is 9. The minimum atomic E-state index is -1.09.